The van der Waals surface area contributed by atoms with E-state index in [2.05, 4.69) is 16.3 Å². The van der Waals surface area contributed by atoms with Crippen molar-refractivity contribution in [2.45, 2.75) is 13.0 Å². The van der Waals surface area contributed by atoms with Crippen LogP contribution in [0, 0.1) is 0 Å². The standard InChI is InChI=1S/C14H19ClN2O2/c15-12-8-11(9-13-14(12)19-7-6-18-13)10-17-4-1-2-16-3-5-17/h8-9,16H,1-7,10H2. The van der Waals surface area contributed by atoms with Crippen LogP contribution < -0.4 is 14.8 Å². The second kappa shape index (κ2) is 5.99. The molecule has 104 valence electrons. The molecule has 4 nitrogen and oxygen atoms in total. The number of hydrogen-bond acceptors (Lipinski definition) is 4. The molecule has 0 saturated carbocycles. The smallest absolute Gasteiger partial charge is 0.179 e. The minimum atomic E-state index is 0.573. The Balaban J connectivity index is 1.75. The molecule has 2 aliphatic rings. The summed E-state index contributed by atoms with van der Waals surface area (Å²) in [5.41, 5.74) is 1.19. The number of rotatable bonds is 2. The van der Waals surface area contributed by atoms with Crippen LogP contribution in [0.3, 0.4) is 0 Å². The molecular formula is C14H19ClN2O2. The first-order chi connectivity index (χ1) is 9.33. The molecule has 0 atom stereocenters. The van der Waals surface area contributed by atoms with Crippen LogP contribution in [0.4, 0.5) is 0 Å². The lowest BCUT2D eigenvalue weighted by Crippen LogP contribution is -2.27. The maximum Gasteiger partial charge on any atom is 0.179 e. The van der Waals surface area contributed by atoms with E-state index in [4.69, 9.17) is 21.1 Å². The lowest BCUT2D eigenvalue weighted by atomic mass is 10.1. The van der Waals surface area contributed by atoms with Gasteiger partial charge in [0, 0.05) is 19.6 Å². The van der Waals surface area contributed by atoms with Gasteiger partial charge in [0.1, 0.15) is 13.2 Å². The quantitative estimate of drug-likeness (QED) is 0.898. The molecule has 0 aliphatic carbocycles. The van der Waals surface area contributed by atoms with Gasteiger partial charge in [-0.25, -0.2) is 0 Å². The highest BCUT2D eigenvalue weighted by molar-refractivity contribution is 6.32. The van der Waals surface area contributed by atoms with Crippen molar-refractivity contribution in [3.63, 3.8) is 0 Å². The zero-order valence-corrected chi connectivity index (χ0v) is 11.7. The van der Waals surface area contributed by atoms with Crippen LogP contribution in [-0.4, -0.2) is 44.3 Å². The molecule has 0 amide bonds. The van der Waals surface area contributed by atoms with E-state index in [1.54, 1.807) is 0 Å². The summed E-state index contributed by atoms with van der Waals surface area (Å²) in [7, 11) is 0. The molecular weight excluding hydrogens is 264 g/mol. The molecule has 1 saturated heterocycles. The average molecular weight is 283 g/mol. The van der Waals surface area contributed by atoms with Gasteiger partial charge in [-0.3, -0.25) is 4.90 Å². The Labute approximate surface area is 118 Å². The van der Waals surface area contributed by atoms with Crippen molar-refractivity contribution < 1.29 is 9.47 Å². The van der Waals surface area contributed by atoms with Gasteiger partial charge in [0.2, 0.25) is 0 Å². The molecule has 1 N–H and O–H groups in total. The van der Waals surface area contributed by atoms with Gasteiger partial charge in [-0.1, -0.05) is 11.6 Å². The maximum absolute atomic E-state index is 6.26. The second-order valence-corrected chi connectivity index (χ2v) is 5.39. The van der Waals surface area contributed by atoms with Gasteiger partial charge in [-0.05, 0) is 37.2 Å². The highest BCUT2D eigenvalue weighted by Crippen LogP contribution is 2.38. The second-order valence-electron chi connectivity index (χ2n) is 4.98. The van der Waals surface area contributed by atoms with Crippen molar-refractivity contribution >= 4 is 11.6 Å². The van der Waals surface area contributed by atoms with E-state index in [9.17, 15) is 0 Å². The van der Waals surface area contributed by atoms with Crippen LogP contribution in [0.1, 0.15) is 12.0 Å². The average Bonchev–Trinajstić information content (AvgIpc) is 2.67. The third-order valence-corrected chi connectivity index (χ3v) is 3.78. The van der Waals surface area contributed by atoms with E-state index in [0.717, 1.165) is 38.5 Å². The van der Waals surface area contributed by atoms with Crippen molar-refractivity contribution in [3.05, 3.63) is 22.7 Å². The fourth-order valence-electron chi connectivity index (χ4n) is 2.57. The lowest BCUT2D eigenvalue weighted by molar-refractivity contribution is 0.171. The maximum atomic E-state index is 6.26. The summed E-state index contributed by atoms with van der Waals surface area (Å²) in [4.78, 5) is 2.45. The molecule has 5 heteroatoms. The molecule has 0 radical (unpaired) electrons. The van der Waals surface area contributed by atoms with Gasteiger partial charge in [0.05, 0.1) is 5.02 Å². The molecule has 2 aliphatic heterocycles. The van der Waals surface area contributed by atoms with Gasteiger partial charge in [0.25, 0.3) is 0 Å². The van der Waals surface area contributed by atoms with Crippen LogP contribution in [0.25, 0.3) is 0 Å². The zero-order chi connectivity index (χ0) is 13.1. The normalized spacial score (nSPS) is 20.1. The Morgan fingerprint density at radius 1 is 1.16 bits per heavy atom. The monoisotopic (exact) mass is 282 g/mol. The van der Waals surface area contributed by atoms with Gasteiger partial charge in [-0.2, -0.15) is 0 Å². The minimum absolute atomic E-state index is 0.573. The van der Waals surface area contributed by atoms with E-state index in [-0.39, 0.29) is 0 Å². The number of halogens is 1. The summed E-state index contributed by atoms with van der Waals surface area (Å²) in [6, 6.07) is 4.05. The largest absolute Gasteiger partial charge is 0.486 e. The molecule has 0 bridgehead atoms. The SMILES string of the molecule is Clc1cc(CN2CCCNCC2)cc2c1OCCO2. The Bertz CT molecular complexity index is 445. The number of benzene rings is 1. The van der Waals surface area contributed by atoms with Crippen LogP contribution in [0.5, 0.6) is 11.5 Å². The first-order valence-electron chi connectivity index (χ1n) is 6.84. The lowest BCUT2D eigenvalue weighted by Gasteiger charge is -2.23. The fraction of sp³-hybridized carbons (Fsp3) is 0.571. The number of nitrogens with one attached hydrogen (secondary N) is 1. The molecule has 1 fully saturated rings. The molecule has 2 heterocycles. The fourth-order valence-corrected chi connectivity index (χ4v) is 2.86. The first kappa shape index (κ1) is 13.0. The number of nitrogens with zero attached hydrogens (tertiary/aromatic N) is 1. The number of ether oxygens (including phenoxy) is 2. The molecule has 0 aromatic heterocycles. The van der Waals surface area contributed by atoms with E-state index in [1.165, 1.54) is 12.0 Å². The summed E-state index contributed by atoms with van der Waals surface area (Å²) in [5.74, 6) is 1.47. The van der Waals surface area contributed by atoms with Crippen molar-refractivity contribution in [2.75, 3.05) is 39.4 Å². The van der Waals surface area contributed by atoms with Crippen molar-refractivity contribution in [3.8, 4) is 11.5 Å². The minimum Gasteiger partial charge on any atom is -0.486 e. The predicted molar refractivity (Wildman–Crippen MR) is 75.2 cm³/mol. The van der Waals surface area contributed by atoms with E-state index >= 15 is 0 Å². The molecule has 1 aromatic rings. The Hall–Kier alpha value is -0.970. The van der Waals surface area contributed by atoms with Crippen molar-refractivity contribution in [1.29, 1.82) is 0 Å². The van der Waals surface area contributed by atoms with Crippen molar-refractivity contribution in [2.24, 2.45) is 0 Å². The summed E-state index contributed by atoms with van der Waals surface area (Å²) in [5, 5.41) is 4.06. The Morgan fingerprint density at radius 2 is 2.05 bits per heavy atom. The number of hydrogen-bond donors (Lipinski definition) is 1. The number of fused-ring (bicyclic) bond motifs is 1. The zero-order valence-electron chi connectivity index (χ0n) is 11.0. The van der Waals surface area contributed by atoms with Gasteiger partial charge in [-0.15, -0.1) is 0 Å². The van der Waals surface area contributed by atoms with Gasteiger partial charge in [0.15, 0.2) is 11.5 Å². The van der Waals surface area contributed by atoms with Crippen LogP contribution in [0.15, 0.2) is 12.1 Å². The van der Waals surface area contributed by atoms with E-state index in [1.807, 2.05) is 6.07 Å². The summed E-state index contributed by atoms with van der Waals surface area (Å²) in [6.07, 6.45) is 1.19. The summed E-state index contributed by atoms with van der Waals surface area (Å²) >= 11 is 6.26. The molecule has 19 heavy (non-hydrogen) atoms. The topological polar surface area (TPSA) is 33.7 Å². The first-order valence-corrected chi connectivity index (χ1v) is 7.22. The summed E-state index contributed by atoms with van der Waals surface area (Å²) in [6.45, 7) is 6.45. The molecule has 1 aromatic carbocycles. The molecule has 0 unspecified atom stereocenters. The third kappa shape index (κ3) is 3.14. The Morgan fingerprint density at radius 3 is 3.00 bits per heavy atom. The van der Waals surface area contributed by atoms with Gasteiger partial charge >= 0.3 is 0 Å². The van der Waals surface area contributed by atoms with Crippen LogP contribution in [0.2, 0.25) is 5.02 Å². The van der Waals surface area contributed by atoms with E-state index in [0.29, 0.717) is 24.0 Å². The molecule has 3 rings (SSSR count). The predicted octanol–water partition coefficient (Wildman–Crippen LogP) is 1.91. The van der Waals surface area contributed by atoms with Crippen LogP contribution in [-0.2, 0) is 6.54 Å². The van der Waals surface area contributed by atoms with Crippen LogP contribution >= 0.6 is 11.6 Å². The van der Waals surface area contributed by atoms with Gasteiger partial charge < -0.3 is 14.8 Å². The van der Waals surface area contributed by atoms with Crippen molar-refractivity contribution in [1.82, 2.24) is 10.2 Å². The highest BCUT2D eigenvalue weighted by atomic mass is 35.5. The third-order valence-electron chi connectivity index (χ3n) is 3.50. The highest BCUT2D eigenvalue weighted by Gasteiger charge is 2.18. The van der Waals surface area contributed by atoms with E-state index < -0.39 is 0 Å². The summed E-state index contributed by atoms with van der Waals surface area (Å²) < 4.78 is 11.2. The Kier molecular flexibility index (Phi) is 4.11. The molecule has 0 spiro atoms.